The molecule has 0 unspecified atom stereocenters. The molecule has 2 heterocycles. The summed E-state index contributed by atoms with van der Waals surface area (Å²) >= 11 is 0. The van der Waals surface area contributed by atoms with Gasteiger partial charge in [0.15, 0.2) is 0 Å². The fourth-order valence-electron chi connectivity index (χ4n) is 3.40. The molecule has 1 aliphatic heterocycles. The fraction of sp³-hybridized carbons (Fsp3) is 0.263. The standard InChI is InChI=1S/C19H17F3N4O/c20-19(21,22)15-4-6-16(7-5-15)26-12-24-18(27)25(26)11-14-3-1-2-13-10-23-9-8-17(13)14/h1-7,12,23H,8-11H2. The van der Waals surface area contributed by atoms with Gasteiger partial charge in [-0.15, -0.1) is 0 Å². The lowest BCUT2D eigenvalue weighted by atomic mass is 9.95. The Bertz CT molecular complexity index is 1020. The van der Waals surface area contributed by atoms with E-state index in [9.17, 15) is 18.0 Å². The zero-order chi connectivity index (χ0) is 19.0. The SMILES string of the molecule is O=c1ncn(-c2ccc(C(F)(F)F)cc2)n1Cc1cccc2c1CCNC2. The molecule has 3 aromatic rings. The quantitative estimate of drug-likeness (QED) is 0.767. The van der Waals surface area contributed by atoms with Gasteiger partial charge < -0.3 is 5.32 Å². The summed E-state index contributed by atoms with van der Waals surface area (Å²) in [6.45, 7) is 1.97. The van der Waals surface area contributed by atoms with Crippen molar-refractivity contribution in [3.63, 3.8) is 0 Å². The van der Waals surface area contributed by atoms with Crippen LogP contribution in [0.2, 0.25) is 0 Å². The summed E-state index contributed by atoms with van der Waals surface area (Å²) in [5.41, 5.74) is 2.70. The average Bonchev–Trinajstić information content (AvgIpc) is 3.02. The molecule has 2 aromatic carbocycles. The average molecular weight is 374 g/mol. The van der Waals surface area contributed by atoms with Gasteiger partial charge in [0.25, 0.3) is 0 Å². The van der Waals surface area contributed by atoms with Gasteiger partial charge in [0.2, 0.25) is 0 Å². The summed E-state index contributed by atoms with van der Waals surface area (Å²) in [7, 11) is 0. The minimum Gasteiger partial charge on any atom is -0.312 e. The zero-order valence-corrected chi connectivity index (χ0v) is 14.3. The third-order valence-corrected chi connectivity index (χ3v) is 4.78. The van der Waals surface area contributed by atoms with Crippen LogP contribution < -0.4 is 11.0 Å². The molecule has 4 rings (SSSR count). The molecule has 0 fully saturated rings. The molecule has 0 radical (unpaired) electrons. The summed E-state index contributed by atoms with van der Waals surface area (Å²) in [5, 5.41) is 3.32. The van der Waals surface area contributed by atoms with Crippen LogP contribution in [0.1, 0.15) is 22.3 Å². The third kappa shape index (κ3) is 3.40. The molecule has 1 aromatic heterocycles. The van der Waals surface area contributed by atoms with Crippen molar-refractivity contribution in [3.8, 4) is 5.69 Å². The Hall–Kier alpha value is -2.87. The minimum absolute atomic E-state index is 0.309. The van der Waals surface area contributed by atoms with Crippen LogP contribution in [0.5, 0.6) is 0 Å². The Labute approximate surface area is 153 Å². The van der Waals surface area contributed by atoms with Gasteiger partial charge in [0.1, 0.15) is 6.33 Å². The van der Waals surface area contributed by atoms with Crippen molar-refractivity contribution >= 4 is 0 Å². The predicted octanol–water partition coefficient (Wildman–Crippen LogP) is 2.75. The van der Waals surface area contributed by atoms with Crippen molar-refractivity contribution in [2.75, 3.05) is 6.54 Å². The zero-order valence-electron chi connectivity index (χ0n) is 14.3. The summed E-state index contributed by atoms with van der Waals surface area (Å²) in [6, 6.07) is 10.7. The molecule has 5 nitrogen and oxygen atoms in total. The molecule has 27 heavy (non-hydrogen) atoms. The molecular formula is C19H17F3N4O. The first-order valence-electron chi connectivity index (χ1n) is 8.56. The van der Waals surface area contributed by atoms with Crippen LogP contribution in [0.25, 0.3) is 5.69 Å². The van der Waals surface area contributed by atoms with Crippen LogP contribution in [-0.2, 0) is 25.7 Å². The number of benzene rings is 2. The maximum absolute atomic E-state index is 12.8. The highest BCUT2D eigenvalue weighted by Crippen LogP contribution is 2.29. The van der Waals surface area contributed by atoms with E-state index < -0.39 is 17.4 Å². The van der Waals surface area contributed by atoms with Crippen molar-refractivity contribution in [2.45, 2.75) is 25.7 Å². The Kier molecular flexibility index (Phi) is 4.35. The second-order valence-corrected chi connectivity index (χ2v) is 6.46. The normalized spacial score (nSPS) is 14.2. The lowest BCUT2D eigenvalue weighted by Gasteiger charge is -2.21. The summed E-state index contributed by atoms with van der Waals surface area (Å²) in [4.78, 5) is 16.1. The first-order valence-corrected chi connectivity index (χ1v) is 8.56. The number of halogens is 3. The molecule has 0 aliphatic carbocycles. The predicted molar refractivity (Wildman–Crippen MR) is 93.8 cm³/mol. The number of aromatic nitrogens is 3. The van der Waals surface area contributed by atoms with Crippen LogP contribution in [0, 0.1) is 0 Å². The van der Waals surface area contributed by atoms with E-state index >= 15 is 0 Å². The molecule has 0 spiro atoms. The van der Waals surface area contributed by atoms with Crippen LogP contribution in [0.4, 0.5) is 13.2 Å². The molecule has 1 N–H and O–H groups in total. The smallest absolute Gasteiger partial charge is 0.312 e. The molecular weight excluding hydrogens is 357 g/mol. The van der Waals surface area contributed by atoms with Crippen LogP contribution >= 0.6 is 0 Å². The van der Waals surface area contributed by atoms with Gasteiger partial charge in [-0.2, -0.15) is 18.2 Å². The van der Waals surface area contributed by atoms with Crippen LogP contribution in [-0.4, -0.2) is 20.9 Å². The van der Waals surface area contributed by atoms with Crippen molar-refractivity contribution in [2.24, 2.45) is 0 Å². The van der Waals surface area contributed by atoms with E-state index in [0.717, 1.165) is 37.2 Å². The molecule has 0 saturated heterocycles. The van der Waals surface area contributed by atoms with Crippen molar-refractivity contribution in [1.82, 2.24) is 19.7 Å². The van der Waals surface area contributed by atoms with Crippen molar-refractivity contribution in [3.05, 3.63) is 81.5 Å². The maximum Gasteiger partial charge on any atom is 0.416 e. The summed E-state index contributed by atoms with van der Waals surface area (Å²) < 4.78 is 41.2. The second kappa shape index (κ2) is 6.70. The molecule has 0 atom stereocenters. The van der Waals surface area contributed by atoms with Gasteiger partial charge in [-0.25, -0.2) is 14.2 Å². The third-order valence-electron chi connectivity index (χ3n) is 4.78. The number of rotatable bonds is 3. The van der Waals surface area contributed by atoms with Gasteiger partial charge in [-0.05, 0) is 53.9 Å². The topological polar surface area (TPSA) is 51.9 Å². The van der Waals surface area contributed by atoms with Crippen LogP contribution in [0.3, 0.4) is 0 Å². The number of alkyl halides is 3. The Balaban J connectivity index is 1.70. The number of hydrogen-bond acceptors (Lipinski definition) is 3. The molecule has 140 valence electrons. The van der Waals surface area contributed by atoms with E-state index in [4.69, 9.17) is 0 Å². The van der Waals surface area contributed by atoms with Gasteiger partial charge in [0.05, 0.1) is 17.8 Å². The molecule has 0 bridgehead atoms. The lowest BCUT2D eigenvalue weighted by molar-refractivity contribution is -0.137. The van der Waals surface area contributed by atoms with E-state index in [0.29, 0.717) is 12.2 Å². The Morgan fingerprint density at radius 3 is 2.63 bits per heavy atom. The number of hydrogen-bond donors (Lipinski definition) is 1. The van der Waals surface area contributed by atoms with E-state index in [2.05, 4.69) is 16.4 Å². The lowest BCUT2D eigenvalue weighted by Crippen LogP contribution is -2.27. The highest BCUT2D eigenvalue weighted by Gasteiger charge is 2.30. The highest BCUT2D eigenvalue weighted by molar-refractivity contribution is 5.38. The first-order chi connectivity index (χ1) is 12.9. The van der Waals surface area contributed by atoms with Gasteiger partial charge >= 0.3 is 11.9 Å². The van der Waals surface area contributed by atoms with E-state index in [-0.39, 0.29) is 0 Å². The Morgan fingerprint density at radius 2 is 1.89 bits per heavy atom. The van der Waals surface area contributed by atoms with E-state index in [1.165, 1.54) is 39.0 Å². The number of fused-ring (bicyclic) bond motifs is 1. The first kappa shape index (κ1) is 17.5. The molecule has 1 aliphatic rings. The summed E-state index contributed by atoms with van der Waals surface area (Å²) in [5.74, 6) is 0. The number of nitrogens with zero attached hydrogens (tertiary/aromatic N) is 3. The monoisotopic (exact) mass is 374 g/mol. The maximum atomic E-state index is 12.8. The molecule has 8 heteroatoms. The second-order valence-electron chi connectivity index (χ2n) is 6.46. The van der Waals surface area contributed by atoms with Crippen LogP contribution in [0.15, 0.2) is 53.6 Å². The summed E-state index contributed by atoms with van der Waals surface area (Å²) in [6.07, 6.45) is -2.19. The van der Waals surface area contributed by atoms with E-state index in [1.54, 1.807) is 0 Å². The molecule has 0 amide bonds. The number of nitrogens with one attached hydrogen (secondary N) is 1. The van der Waals surface area contributed by atoms with E-state index in [1.807, 2.05) is 12.1 Å². The minimum atomic E-state index is -4.40. The van der Waals surface area contributed by atoms with Gasteiger partial charge in [0, 0.05) is 6.54 Å². The largest absolute Gasteiger partial charge is 0.416 e. The van der Waals surface area contributed by atoms with Gasteiger partial charge in [-0.1, -0.05) is 18.2 Å². The van der Waals surface area contributed by atoms with Crippen molar-refractivity contribution in [1.29, 1.82) is 0 Å². The highest BCUT2D eigenvalue weighted by atomic mass is 19.4. The van der Waals surface area contributed by atoms with Gasteiger partial charge in [-0.3, -0.25) is 0 Å². The van der Waals surface area contributed by atoms with Crippen molar-refractivity contribution < 1.29 is 13.2 Å². The Morgan fingerprint density at radius 1 is 1.11 bits per heavy atom. The molecule has 0 saturated carbocycles. The fourth-order valence-corrected chi connectivity index (χ4v) is 3.40.